The Morgan fingerprint density at radius 3 is 2.12 bits per heavy atom. The summed E-state index contributed by atoms with van der Waals surface area (Å²) < 4.78 is 5.47. The Balaban J connectivity index is 1.25. The lowest BCUT2D eigenvalue weighted by molar-refractivity contribution is -0.132. The van der Waals surface area contributed by atoms with E-state index in [1.807, 2.05) is 48.5 Å². The minimum atomic E-state index is -0.579. The van der Waals surface area contributed by atoms with E-state index in [2.05, 4.69) is 27.7 Å². The summed E-state index contributed by atoms with van der Waals surface area (Å²) in [7, 11) is 1.58. The molecule has 1 heterocycles. The fourth-order valence-corrected chi connectivity index (χ4v) is 4.88. The van der Waals surface area contributed by atoms with Crippen molar-refractivity contribution in [3.05, 3.63) is 71.8 Å². The predicted molar refractivity (Wildman–Crippen MR) is 133 cm³/mol. The van der Waals surface area contributed by atoms with Crippen molar-refractivity contribution in [3.8, 4) is 0 Å². The van der Waals surface area contributed by atoms with Gasteiger partial charge in [-0.3, -0.25) is 9.59 Å². The van der Waals surface area contributed by atoms with Crippen LogP contribution in [-0.4, -0.2) is 49.5 Å². The molecule has 0 spiro atoms. The number of carbonyl (C=O) groups is 2. The molecule has 2 amide bonds. The van der Waals surface area contributed by atoms with E-state index in [-0.39, 0.29) is 29.8 Å². The molecule has 2 aromatic rings. The molecule has 2 N–H and O–H groups in total. The van der Waals surface area contributed by atoms with Gasteiger partial charge in [-0.05, 0) is 43.2 Å². The van der Waals surface area contributed by atoms with Crippen molar-refractivity contribution in [2.45, 2.75) is 56.7 Å². The van der Waals surface area contributed by atoms with Gasteiger partial charge in [0, 0.05) is 38.7 Å². The van der Waals surface area contributed by atoms with E-state index in [1.54, 1.807) is 7.11 Å². The monoisotopic (exact) mass is 463 g/mol. The number of likely N-dealkylation sites (tertiary alicyclic amines) is 1. The Bertz CT molecular complexity index is 909. The second-order valence-electron chi connectivity index (χ2n) is 9.54. The van der Waals surface area contributed by atoms with Crippen LogP contribution in [0.4, 0.5) is 0 Å². The molecule has 1 aliphatic heterocycles. The normalized spacial score (nSPS) is 19.1. The zero-order valence-electron chi connectivity index (χ0n) is 20.1. The number of methoxy groups -OCH3 is 1. The lowest BCUT2D eigenvalue weighted by atomic mass is 9.84. The zero-order valence-corrected chi connectivity index (χ0v) is 20.1. The van der Waals surface area contributed by atoms with Gasteiger partial charge in [0.1, 0.15) is 0 Å². The van der Waals surface area contributed by atoms with E-state index in [9.17, 15) is 9.59 Å². The van der Waals surface area contributed by atoms with Crippen LogP contribution in [0.25, 0.3) is 0 Å². The standard InChI is InChI=1S/C28H37N3O3/c1-34-26(22-11-6-3-7-12-22)28(33)29-24-15-18-31(19-16-24)20-17-25(21-9-4-2-5-10-21)30-27(32)23-13-8-14-23/h2-7,9-12,23-26H,8,13-20H2,1H3,(H,29,33)(H,30,32)/t25-,26+/m0/s1. The Hall–Kier alpha value is -2.70. The Morgan fingerprint density at radius 2 is 1.56 bits per heavy atom. The summed E-state index contributed by atoms with van der Waals surface area (Å²) in [5.74, 6) is 0.319. The molecule has 0 radical (unpaired) electrons. The van der Waals surface area contributed by atoms with Crippen LogP contribution in [0.15, 0.2) is 60.7 Å². The number of rotatable bonds is 10. The number of ether oxygens (including phenoxy) is 1. The number of hydrogen-bond acceptors (Lipinski definition) is 4. The molecule has 2 fully saturated rings. The predicted octanol–water partition coefficient (Wildman–Crippen LogP) is 4.00. The number of benzene rings is 2. The van der Waals surface area contributed by atoms with Crippen LogP contribution in [0.2, 0.25) is 0 Å². The van der Waals surface area contributed by atoms with Crippen molar-refractivity contribution in [3.63, 3.8) is 0 Å². The van der Waals surface area contributed by atoms with Crippen LogP contribution < -0.4 is 10.6 Å². The molecule has 2 aliphatic rings. The van der Waals surface area contributed by atoms with Gasteiger partial charge in [-0.25, -0.2) is 0 Å². The molecule has 1 saturated heterocycles. The molecular formula is C28H37N3O3. The van der Waals surface area contributed by atoms with E-state index in [0.29, 0.717) is 0 Å². The molecular weight excluding hydrogens is 426 g/mol. The third-order valence-electron chi connectivity index (χ3n) is 7.24. The lowest BCUT2D eigenvalue weighted by Gasteiger charge is -2.34. The first-order valence-electron chi connectivity index (χ1n) is 12.6. The molecule has 6 heteroatoms. The highest BCUT2D eigenvalue weighted by Crippen LogP contribution is 2.28. The molecule has 6 nitrogen and oxygen atoms in total. The van der Waals surface area contributed by atoms with Crippen molar-refractivity contribution in [1.82, 2.24) is 15.5 Å². The van der Waals surface area contributed by atoms with Crippen molar-refractivity contribution >= 4 is 11.8 Å². The summed E-state index contributed by atoms with van der Waals surface area (Å²) in [6.07, 6.45) is 5.34. The number of piperidine rings is 1. The summed E-state index contributed by atoms with van der Waals surface area (Å²) >= 11 is 0. The Labute approximate surface area is 203 Å². The molecule has 2 atom stereocenters. The van der Waals surface area contributed by atoms with Gasteiger partial charge in [0.2, 0.25) is 5.91 Å². The maximum atomic E-state index is 12.8. The second-order valence-corrected chi connectivity index (χ2v) is 9.54. The Morgan fingerprint density at radius 1 is 0.941 bits per heavy atom. The zero-order chi connectivity index (χ0) is 23.8. The van der Waals surface area contributed by atoms with Gasteiger partial charge < -0.3 is 20.3 Å². The third kappa shape index (κ3) is 6.45. The third-order valence-corrected chi connectivity index (χ3v) is 7.24. The first-order valence-corrected chi connectivity index (χ1v) is 12.6. The van der Waals surface area contributed by atoms with Gasteiger partial charge in [-0.15, -0.1) is 0 Å². The van der Waals surface area contributed by atoms with E-state index in [0.717, 1.165) is 63.7 Å². The maximum Gasteiger partial charge on any atom is 0.253 e. The van der Waals surface area contributed by atoms with Gasteiger partial charge in [0.25, 0.3) is 5.91 Å². The molecule has 34 heavy (non-hydrogen) atoms. The summed E-state index contributed by atoms with van der Waals surface area (Å²) in [5, 5.41) is 6.49. The molecule has 1 aliphatic carbocycles. The largest absolute Gasteiger partial charge is 0.367 e. The highest BCUT2D eigenvalue weighted by atomic mass is 16.5. The maximum absolute atomic E-state index is 12.8. The van der Waals surface area contributed by atoms with Gasteiger partial charge in [-0.2, -0.15) is 0 Å². The lowest BCUT2D eigenvalue weighted by Crippen LogP contribution is -2.46. The molecule has 1 saturated carbocycles. The van der Waals surface area contributed by atoms with Crippen LogP contribution in [0.3, 0.4) is 0 Å². The fraction of sp³-hybridized carbons (Fsp3) is 0.500. The quantitative estimate of drug-likeness (QED) is 0.559. The van der Waals surface area contributed by atoms with Crippen molar-refractivity contribution in [2.24, 2.45) is 5.92 Å². The Kier molecular flexibility index (Phi) is 8.72. The molecule has 0 aromatic heterocycles. The number of nitrogens with zero attached hydrogens (tertiary/aromatic N) is 1. The summed E-state index contributed by atoms with van der Waals surface area (Å²) in [4.78, 5) is 27.9. The van der Waals surface area contributed by atoms with Crippen LogP contribution in [0.5, 0.6) is 0 Å². The first-order chi connectivity index (χ1) is 16.6. The molecule has 0 unspecified atom stereocenters. The molecule has 2 aromatic carbocycles. The van der Waals surface area contributed by atoms with E-state index >= 15 is 0 Å². The van der Waals surface area contributed by atoms with Crippen LogP contribution >= 0.6 is 0 Å². The van der Waals surface area contributed by atoms with Crippen molar-refractivity contribution in [2.75, 3.05) is 26.7 Å². The summed E-state index contributed by atoms with van der Waals surface area (Å²) in [5.41, 5.74) is 2.04. The van der Waals surface area contributed by atoms with Crippen LogP contribution in [-0.2, 0) is 14.3 Å². The number of amides is 2. The molecule has 0 bridgehead atoms. The van der Waals surface area contributed by atoms with Crippen molar-refractivity contribution < 1.29 is 14.3 Å². The smallest absolute Gasteiger partial charge is 0.253 e. The second kappa shape index (κ2) is 12.1. The average Bonchev–Trinajstić information content (AvgIpc) is 2.83. The minimum absolute atomic E-state index is 0.0417. The molecule has 4 rings (SSSR count). The average molecular weight is 464 g/mol. The summed E-state index contributed by atoms with van der Waals surface area (Å²) in [6.45, 7) is 2.80. The minimum Gasteiger partial charge on any atom is -0.367 e. The fourth-order valence-electron chi connectivity index (χ4n) is 4.88. The van der Waals surface area contributed by atoms with Gasteiger partial charge in [-0.1, -0.05) is 67.1 Å². The molecule has 182 valence electrons. The number of carbonyl (C=O) groups excluding carboxylic acids is 2. The van der Waals surface area contributed by atoms with Gasteiger partial charge in [0.15, 0.2) is 6.10 Å². The number of nitrogens with one attached hydrogen (secondary N) is 2. The first kappa shape index (κ1) is 24.4. The van der Waals surface area contributed by atoms with Crippen LogP contribution in [0, 0.1) is 5.92 Å². The van der Waals surface area contributed by atoms with Crippen molar-refractivity contribution in [1.29, 1.82) is 0 Å². The van der Waals surface area contributed by atoms with E-state index in [4.69, 9.17) is 4.74 Å². The van der Waals surface area contributed by atoms with Crippen LogP contribution in [0.1, 0.15) is 61.8 Å². The van der Waals surface area contributed by atoms with E-state index in [1.165, 1.54) is 5.56 Å². The summed E-state index contributed by atoms with van der Waals surface area (Å²) in [6, 6.07) is 20.1. The topological polar surface area (TPSA) is 70.7 Å². The number of hydrogen-bond donors (Lipinski definition) is 2. The van der Waals surface area contributed by atoms with E-state index < -0.39 is 6.10 Å². The highest BCUT2D eigenvalue weighted by Gasteiger charge is 2.29. The van der Waals surface area contributed by atoms with Gasteiger partial charge in [0.05, 0.1) is 6.04 Å². The highest BCUT2D eigenvalue weighted by molar-refractivity contribution is 5.82. The SMILES string of the molecule is CO[C@@H](C(=O)NC1CCN(CC[C@H](NC(=O)C2CCC2)c2ccccc2)CC1)c1ccccc1. The van der Waals surface area contributed by atoms with Gasteiger partial charge >= 0.3 is 0 Å².